The molecule has 0 atom stereocenters. The SMILES string of the molecule is O=C(Nc1ccc(F)c(Cl)c1)N1CCN(c2ccccc2[N+](=O)[O-])CC1. The average Bonchev–Trinajstić information content (AvgIpc) is 2.65. The number of piperazine rings is 1. The Morgan fingerprint density at radius 2 is 1.85 bits per heavy atom. The second kappa shape index (κ2) is 7.57. The minimum atomic E-state index is -0.553. The van der Waals surface area contributed by atoms with Gasteiger partial charge in [0.1, 0.15) is 11.5 Å². The summed E-state index contributed by atoms with van der Waals surface area (Å²) in [5.41, 5.74) is 0.997. The number of rotatable bonds is 3. The van der Waals surface area contributed by atoms with E-state index < -0.39 is 10.7 Å². The maximum atomic E-state index is 13.2. The fraction of sp³-hybridized carbons (Fsp3) is 0.235. The van der Waals surface area contributed by atoms with Crippen LogP contribution in [0.3, 0.4) is 0 Å². The Morgan fingerprint density at radius 3 is 2.50 bits per heavy atom. The van der Waals surface area contributed by atoms with E-state index in [1.165, 1.54) is 24.3 Å². The minimum Gasteiger partial charge on any atom is -0.362 e. The van der Waals surface area contributed by atoms with E-state index in [1.807, 2.05) is 4.90 Å². The number of hydrogen-bond acceptors (Lipinski definition) is 4. The number of halogens is 2. The highest BCUT2D eigenvalue weighted by Gasteiger charge is 2.25. The van der Waals surface area contributed by atoms with Gasteiger partial charge < -0.3 is 15.1 Å². The molecule has 1 aliphatic rings. The fourth-order valence-corrected chi connectivity index (χ4v) is 2.99. The third kappa shape index (κ3) is 3.85. The Morgan fingerprint density at radius 1 is 1.15 bits per heavy atom. The zero-order chi connectivity index (χ0) is 18.7. The van der Waals surface area contributed by atoms with Crippen molar-refractivity contribution in [2.75, 3.05) is 36.4 Å². The number of anilines is 2. The third-order valence-electron chi connectivity index (χ3n) is 4.16. The van der Waals surface area contributed by atoms with E-state index in [0.717, 1.165) is 0 Å². The first kappa shape index (κ1) is 17.9. The summed E-state index contributed by atoms with van der Waals surface area (Å²) in [5.74, 6) is -0.553. The van der Waals surface area contributed by atoms with Gasteiger partial charge in [0.2, 0.25) is 0 Å². The van der Waals surface area contributed by atoms with Gasteiger partial charge in [-0.05, 0) is 24.3 Å². The van der Waals surface area contributed by atoms with Crippen LogP contribution in [0.2, 0.25) is 5.02 Å². The standard InChI is InChI=1S/C17H16ClFN4O3/c18-13-11-12(5-6-14(13)19)20-17(24)22-9-7-21(8-10-22)15-3-1-2-4-16(15)23(25)26/h1-6,11H,7-10H2,(H,20,24). The summed E-state index contributed by atoms with van der Waals surface area (Å²) in [5, 5.41) is 13.8. The van der Waals surface area contributed by atoms with Crippen molar-refractivity contribution in [3.8, 4) is 0 Å². The molecule has 7 nitrogen and oxygen atoms in total. The Balaban J connectivity index is 1.62. The highest BCUT2D eigenvalue weighted by Crippen LogP contribution is 2.28. The number of nitro benzene ring substituents is 1. The fourth-order valence-electron chi connectivity index (χ4n) is 2.81. The van der Waals surface area contributed by atoms with Crippen molar-refractivity contribution in [1.82, 2.24) is 4.90 Å². The summed E-state index contributed by atoms with van der Waals surface area (Å²) in [7, 11) is 0. The summed E-state index contributed by atoms with van der Waals surface area (Å²) in [6.45, 7) is 1.77. The maximum absolute atomic E-state index is 13.2. The number of carbonyl (C=O) groups excluding carboxylic acids is 1. The topological polar surface area (TPSA) is 78.7 Å². The van der Waals surface area contributed by atoms with Gasteiger partial charge in [-0.1, -0.05) is 23.7 Å². The summed E-state index contributed by atoms with van der Waals surface area (Å²) < 4.78 is 13.2. The molecule has 1 aliphatic heterocycles. The average molecular weight is 379 g/mol. The first-order chi connectivity index (χ1) is 12.5. The molecule has 1 N–H and O–H groups in total. The zero-order valence-corrected chi connectivity index (χ0v) is 14.4. The van der Waals surface area contributed by atoms with Crippen LogP contribution in [-0.2, 0) is 0 Å². The van der Waals surface area contributed by atoms with Crippen LogP contribution >= 0.6 is 11.6 Å². The van der Waals surface area contributed by atoms with E-state index in [0.29, 0.717) is 37.6 Å². The van der Waals surface area contributed by atoms with Crippen LogP contribution in [0.5, 0.6) is 0 Å². The van der Waals surface area contributed by atoms with E-state index in [-0.39, 0.29) is 16.7 Å². The predicted molar refractivity (Wildman–Crippen MR) is 97.3 cm³/mol. The Kier molecular flexibility index (Phi) is 5.22. The first-order valence-electron chi connectivity index (χ1n) is 7.95. The van der Waals surface area contributed by atoms with Crippen molar-refractivity contribution in [2.24, 2.45) is 0 Å². The van der Waals surface area contributed by atoms with Gasteiger partial charge >= 0.3 is 6.03 Å². The Bertz CT molecular complexity index is 841. The Labute approximate surface area is 154 Å². The van der Waals surface area contributed by atoms with Gasteiger partial charge in [0, 0.05) is 37.9 Å². The molecule has 1 saturated heterocycles. The van der Waals surface area contributed by atoms with Gasteiger partial charge in [-0.15, -0.1) is 0 Å². The number of urea groups is 1. The molecule has 1 heterocycles. The molecule has 1 fully saturated rings. The molecule has 0 radical (unpaired) electrons. The van der Waals surface area contributed by atoms with Gasteiger partial charge in [0.05, 0.1) is 9.95 Å². The first-order valence-corrected chi connectivity index (χ1v) is 8.33. The molecular formula is C17H16ClFN4O3. The van der Waals surface area contributed by atoms with Crippen LogP contribution in [0.4, 0.5) is 26.2 Å². The van der Waals surface area contributed by atoms with Crippen molar-refractivity contribution in [2.45, 2.75) is 0 Å². The van der Waals surface area contributed by atoms with Crippen molar-refractivity contribution >= 4 is 34.7 Å². The van der Waals surface area contributed by atoms with Crippen LogP contribution in [0, 0.1) is 15.9 Å². The number of benzene rings is 2. The second-order valence-electron chi connectivity index (χ2n) is 5.78. The molecule has 2 amide bonds. The second-order valence-corrected chi connectivity index (χ2v) is 6.19. The van der Waals surface area contributed by atoms with Crippen LogP contribution in [0.1, 0.15) is 0 Å². The molecule has 0 aromatic heterocycles. The molecule has 0 saturated carbocycles. The number of para-hydroxylation sites is 2. The van der Waals surface area contributed by atoms with Gasteiger partial charge in [-0.25, -0.2) is 9.18 Å². The maximum Gasteiger partial charge on any atom is 0.321 e. The number of nitro groups is 1. The minimum absolute atomic E-state index is 0.0476. The van der Waals surface area contributed by atoms with Crippen molar-refractivity contribution < 1.29 is 14.1 Å². The van der Waals surface area contributed by atoms with E-state index in [9.17, 15) is 19.3 Å². The number of amides is 2. The molecule has 9 heteroatoms. The zero-order valence-electron chi connectivity index (χ0n) is 13.7. The highest BCUT2D eigenvalue weighted by molar-refractivity contribution is 6.31. The van der Waals surface area contributed by atoms with Crippen LogP contribution < -0.4 is 10.2 Å². The predicted octanol–water partition coefficient (Wildman–Crippen LogP) is 3.74. The van der Waals surface area contributed by atoms with Gasteiger partial charge in [0.25, 0.3) is 5.69 Å². The molecule has 26 heavy (non-hydrogen) atoms. The number of carbonyl (C=O) groups is 1. The summed E-state index contributed by atoms with van der Waals surface area (Å²) in [6, 6.07) is 10.2. The molecular weight excluding hydrogens is 363 g/mol. The number of hydrogen-bond donors (Lipinski definition) is 1. The van der Waals surface area contributed by atoms with E-state index >= 15 is 0 Å². The number of nitrogens with one attached hydrogen (secondary N) is 1. The van der Waals surface area contributed by atoms with Gasteiger partial charge in [0.15, 0.2) is 0 Å². The molecule has 2 aromatic carbocycles. The molecule has 0 bridgehead atoms. The molecule has 3 rings (SSSR count). The van der Waals surface area contributed by atoms with Gasteiger partial charge in [-0.3, -0.25) is 10.1 Å². The monoisotopic (exact) mass is 378 g/mol. The molecule has 2 aromatic rings. The molecule has 0 aliphatic carbocycles. The van der Waals surface area contributed by atoms with Crippen LogP contribution in [0.15, 0.2) is 42.5 Å². The lowest BCUT2D eigenvalue weighted by Gasteiger charge is -2.35. The van der Waals surface area contributed by atoms with Crippen molar-refractivity contribution in [3.05, 3.63) is 63.4 Å². The van der Waals surface area contributed by atoms with E-state index in [2.05, 4.69) is 5.32 Å². The van der Waals surface area contributed by atoms with E-state index in [4.69, 9.17) is 11.6 Å². The van der Waals surface area contributed by atoms with Gasteiger partial charge in [-0.2, -0.15) is 0 Å². The quantitative estimate of drug-likeness (QED) is 0.651. The summed E-state index contributed by atoms with van der Waals surface area (Å²) >= 11 is 5.71. The largest absolute Gasteiger partial charge is 0.362 e. The van der Waals surface area contributed by atoms with Crippen molar-refractivity contribution in [3.63, 3.8) is 0 Å². The summed E-state index contributed by atoms with van der Waals surface area (Å²) in [6.07, 6.45) is 0. The normalized spacial score (nSPS) is 14.2. The van der Waals surface area contributed by atoms with E-state index in [1.54, 1.807) is 23.1 Å². The lowest BCUT2D eigenvalue weighted by Crippen LogP contribution is -2.50. The lowest BCUT2D eigenvalue weighted by atomic mass is 10.2. The molecule has 0 unspecified atom stereocenters. The third-order valence-corrected chi connectivity index (χ3v) is 4.45. The lowest BCUT2D eigenvalue weighted by molar-refractivity contribution is -0.384. The number of nitrogens with zero attached hydrogens (tertiary/aromatic N) is 3. The molecule has 136 valence electrons. The highest BCUT2D eigenvalue weighted by atomic mass is 35.5. The van der Waals surface area contributed by atoms with Crippen LogP contribution in [0.25, 0.3) is 0 Å². The smallest absolute Gasteiger partial charge is 0.321 e. The Hall–Kier alpha value is -2.87. The van der Waals surface area contributed by atoms with Crippen molar-refractivity contribution in [1.29, 1.82) is 0 Å². The molecule has 0 spiro atoms. The van der Waals surface area contributed by atoms with Crippen LogP contribution in [-0.4, -0.2) is 42.0 Å². The summed E-state index contributed by atoms with van der Waals surface area (Å²) in [4.78, 5) is 26.6.